The molecule has 28 heavy (non-hydrogen) atoms. The molecule has 1 saturated heterocycles. The topological polar surface area (TPSA) is 27.7 Å². The quantitative estimate of drug-likeness (QED) is 0.353. The molecule has 0 spiro atoms. The molecule has 0 unspecified atom stereocenters. The van der Waals surface area contributed by atoms with Gasteiger partial charge in [-0.25, -0.2) is 0 Å². The van der Waals surface area contributed by atoms with E-state index in [1.165, 1.54) is 64.2 Å². The van der Waals surface area contributed by atoms with Gasteiger partial charge in [0.25, 0.3) is 0 Å². The van der Waals surface area contributed by atoms with Crippen molar-refractivity contribution in [1.82, 2.24) is 0 Å². The zero-order valence-corrected chi connectivity index (χ0v) is 20.6. The summed E-state index contributed by atoms with van der Waals surface area (Å²) >= 11 is 6.80. The van der Waals surface area contributed by atoms with E-state index in [1.54, 1.807) is 0 Å². The first-order chi connectivity index (χ1) is 13.2. The van der Waals surface area contributed by atoms with Crippen molar-refractivity contribution in [3.8, 4) is 0 Å². The Hall–Kier alpha value is 0.452. The Morgan fingerprint density at radius 3 is 1.71 bits per heavy atom. The molecule has 0 aromatic rings. The maximum absolute atomic E-state index is 6.80. The van der Waals surface area contributed by atoms with Crippen LogP contribution >= 0.6 is 11.6 Å². The van der Waals surface area contributed by atoms with E-state index in [9.17, 15) is 0 Å². The summed E-state index contributed by atoms with van der Waals surface area (Å²) in [6.45, 7) is 11.9. The third kappa shape index (κ3) is 5.57. The molecular weight excluding hydrogens is 387 g/mol. The van der Waals surface area contributed by atoms with Gasteiger partial charge in [-0.2, -0.15) is 0 Å². The van der Waals surface area contributed by atoms with Gasteiger partial charge < -0.3 is 13.7 Å². The Kier molecular flexibility index (Phi) is 8.03. The van der Waals surface area contributed by atoms with Gasteiger partial charge >= 0.3 is 7.12 Å². The van der Waals surface area contributed by atoms with E-state index < -0.39 is 8.32 Å². The van der Waals surface area contributed by atoms with E-state index >= 15 is 0 Å². The number of hydrogen-bond donors (Lipinski definition) is 0. The maximum atomic E-state index is 6.80. The highest BCUT2D eigenvalue weighted by molar-refractivity contribution is 6.74. The van der Waals surface area contributed by atoms with Crippen LogP contribution in [0, 0.1) is 11.8 Å². The highest BCUT2D eigenvalue weighted by Crippen LogP contribution is 2.42. The van der Waals surface area contributed by atoms with Crippen LogP contribution in [0.25, 0.3) is 0 Å². The fourth-order valence-electron chi connectivity index (χ4n) is 4.93. The summed E-state index contributed by atoms with van der Waals surface area (Å²) in [5.41, 5.74) is 0. The van der Waals surface area contributed by atoms with Crippen LogP contribution in [0.1, 0.15) is 85.0 Å². The molecule has 162 valence electrons. The zero-order valence-electron chi connectivity index (χ0n) is 18.8. The summed E-state index contributed by atoms with van der Waals surface area (Å²) < 4.78 is 19.5. The number of rotatable bonds is 6. The SMILES string of the molecule is CC(C)(C)[Si](C)(C)OC[C@H](Cl)B1O[C@@H](C2CCCCC2)[C@H](C2CCCCC2)O1. The van der Waals surface area contributed by atoms with Crippen molar-refractivity contribution < 1.29 is 13.7 Å². The van der Waals surface area contributed by atoms with Gasteiger partial charge in [0.15, 0.2) is 8.32 Å². The van der Waals surface area contributed by atoms with E-state index in [-0.39, 0.29) is 29.6 Å². The molecule has 0 aromatic carbocycles. The average Bonchev–Trinajstić information content (AvgIpc) is 3.12. The second-order valence-corrected chi connectivity index (χ2v) is 16.3. The minimum Gasteiger partial charge on any atom is -0.416 e. The molecule has 0 radical (unpaired) electrons. The van der Waals surface area contributed by atoms with Crippen LogP contribution in [0.4, 0.5) is 0 Å². The predicted molar refractivity (Wildman–Crippen MR) is 121 cm³/mol. The summed E-state index contributed by atoms with van der Waals surface area (Å²) in [5, 5.41) is -0.0372. The van der Waals surface area contributed by atoms with Crippen molar-refractivity contribution in [2.24, 2.45) is 11.8 Å². The first kappa shape index (κ1) is 23.1. The third-order valence-electron chi connectivity index (χ3n) is 7.84. The van der Waals surface area contributed by atoms with Gasteiger partial charge in [0.2, 0.25) is 0 Å². The van der Waals surface area contributed by atoms with Crippen molar-refractivity contribution in [3.05, 3.63) is 0 Å². The highest BCUT2D eigenvalue weighted by atomic mass is 35.5. The van der Waals surface area contributed by atoms with E-state index in [0.717, 1.165) is 0 Å². The van der Waals surface area contributed by atoms with E-state index in [1.807, 2.05) is 0 Å². The Bertz CT molecular complexity index is 461. The molecule has 3 nitrogen and oxygen atoms in total. The smallest absolute Gasteiger partial charge is 0.416 e. The van der Waals surface area contributed by atoms with Crippen molar-refractivity contribution >= 4 is 27.0 Å². The summed E-state index contributed by atoms with van der Waals surface area (Å²) in [5.74, 6) is 1.30. The molecule has 3 rings (SSSR count). The lowest BCUT2D eigenvalue weighted by Crippen LogP contribution is -2.44. The Morgan fingerprint density at radius 2 is 1.32 bits per heavy atom. The minimum absolute atomic E-state index is 0.191. The van der Waals surface area contributed by atoms with Crippen molar-refractivity contribution in [3.63, 3.8) is 0 Å². The van der Waals surface area contributed by atoms with Gasteiger partial charge in [0, 0.05) is 6.61 Å². The van der Waals surface area contributed by atoms with Crippen LogP contribution in [0.3, 0.4) is 0 Å². The standard InChI is InChI=1S/C22H42BClO3Si/c1-22(2,3)28(4,5)25-16-19(24)23-26-20(17-12-8-6-9-13-17)21(27-23)18-14-10-7-11-15-18/h17-21H,6-16H2,1-5H3/t19-,20-,21-/m0/s1. The lowest BCUT2D eigenvalue weighted by molar-refractivity contribution is 0.0324. The largest absolute Gasteiger partial charge is 0.478 e. The Labute approximate surface area is 179 Å². The van der Waals surface area contributed by atoms with E-state index in [4.69, 9.17) is 25.3 Å². The van der Waals surface area contributed by atoms with Crippen LogP contribution in [-0.4, -0.2) is 39.5 Å². The Balaban J connectivity index is 1.63. The summed E-state index contributed by atoms with van der Waals surface area (Å²) in [6.07, 6.45) is 13.7. The summed E-state index contributed by atoms with van der Waals surface area (Å²) in [6, 6.07) is 0. The van der Waals surface area contributed by atoms with Crippen LogP contribution in [-0.2, 0) is 13.7 Å². The Morgan fingerprint density at radius 1 is 0.893 bits per heavy atom. The number of alkyl halides is 1. The molecule has 1 heterocycles. The molecule has 0 aromatic heterocycles. The zero-order chi connectivity index (χ0) is 20.4. The van der Waals surface area contributed by atoms with Crippen LogP contribution in [0.2, 0.25) is 18.1 Å². The first-order valence-corrected chi connectivity index (χ1v) is 15.1. The normalized spacial score (nSPS) is 30.0. The maximum Gasteiger partial charge on any atom is 0.478 e. The second-order valence-electron chi connectivity index (χ2n) is 11.0. The van der Waals surface area contributed by atoms with Crippen molar-refractivity contribution in [2.45, 2.75) is 121 Å². The number of halogens is 1. The molecule has 0 N–H and O–H groups in total. The fraction of sp³-hybridized carbons (Fsp3) is 1.00. The molecule has 6 heteroatoms. The molecule has 3 aliphatic rings. The van der Waals surface area contributed by atoms with Gasteiger partial charge in [-0.15, -0.1) is 11.6 Å². The van der Waals surface area contributed by atoms with Crippen molar-refractivity contribution in [1.29, 1.82) is 0 Å². The van der Waals surface area contributed by atoms with E-state index in [2.05, 4.69) is 33.9 Å². The first-order valence-electron chi connectivity index (χ1n) is 11.8. The van der Waals surface area contributed by atoms with Gasteiger partial charge in [-0.3, -0.25) is 0 Å². The monoisotopic (exact) mass is 428 g/mol. The molecule has 0 bridgehead atoms. The average molecular weight is 429 g/mol. The third-order valence-corrected chi connectivity index (χ3v) is 12.7. The molecule has 2 aliphatic carbocycles. The van der Waals surface area contributed by atoms with Gasteiger partial charge in [-0.05, 0) is 55.7 Å². The lowest BCUT2D eigenvalue weighted by Gasteiger charge is -2.36. The number of hydrogen-bond acceptors (Lipinski definition) is 3. The molecule has 3 fully saturated rings. The summed E-state index contributed by atoms with van der Waals surface area (Å²) in [4.78, 5) is 0. The molecule has 0 amide bonds. The lowest BCUT2D eigenvalue weighted by atomic mass is 9.77. The second kappa shape index (κ2) is 9.72. The van der Waals surface area contributed by atoms with E-state index in [0.29, 0.717) is 18.4 Å². The van der Waals surface area contributed by atoms with Crippen molar-refractivity contribution in [2.75, 3.05) is 6.61 Å². The van der Waals surface area contributed by atoms with Crippen LogP contribution in [0.5, 0.6) is 0 Å². The van der Waals surface area contributed by atoms with Crippen LogP contribution in [0.15, 0.2) is 0 Å². The summed E-state index contributed by atoms with van der Waals surface area (Å²) in [7, 11) is -2.13. The van der Waals surface area contributed by atoms with Gasteiger partial charge in [-0.1, -0.05) is 59.3 Å². The fourth-order valence-corrected chi connectivity index (χ4v) is 6.25. The van der Waals surface area contributed by atoms with Gasteiger partial charge in [0.05, 0.1) is 17.5 Å². The molecular formula is C22H42BClO3Si. The van der Waals surface area contributed by atoms with Gasteiger partial charge in [0.1, 0.15) is 0 Å². The molecule has 3 atom stereocenters. The molecule has 2 saturated carbocycles. The van der Waals surface area contributed by atoms with Crippen LogP contribution < -0.4 is 0 Å². The minimum atomic E-state index is -1.81. The highest BCUT2D eigenvalue weighted by Gasteiger charge is 2.50. The predicted octanol–water partition coefficient (Wildman–Crippen LogP) is 6.59. The molecule has 1 aliphatic heterocycles.